The molecule has 1 fully saturated rings. The number of benzene rings is 1. The molecule has 0 N–H and O–H groups in total. The van der Waals surface area contributed by atoms with Crippen LogP contribution in [0.4, 0.5) is 4.39 Å². The molecule has 1 aliphatic rings. The molecule has 1 amide bonds. The van der Waals surface area contributed by atoms with Crippen LogP contribution in [-0.2, 0) is 4.74 Å². The van der Waals surface area contributed by atoms with E-state index in [-0.39, 0.29) is 17.0 Å². The number of nitrogens with zero attached hydrogens (tertiary/aromatic N) is 1. The van der Waals surface area contributed by atoms with Crippen LogP contribution in [0, 0.1) is 5.82 Å². The van der Waals surface area contributed by atoms with Gasteiger partial charge in [0.05, 0.1) is 28.2 Å². The van der Waals surface area contributed by atoms with Gasteiger partial charge < -0.3 is 9.64 Å². The second kappa shape index (κ2) is 5.88. The first kappa shape index (κ1) is 15.5. The predicted molar refractivity (Wildman–Crippen MR) is 77.0 cm³/mol. The van der Waals surface area contributed by atoms with E-state index in [0.717, 1.165) is 6.07 Å². The summed E-state index contributed by atoms with van der Waals surface area (Å²) in [7, 11) is 0. The minimum absolute atomic E-state index is 0.113. The molecule has 6 heteroatoms. The molecule has 0 bridgehead atoms. The number of rotatable bonds is 2. The van der Waals surface area contributed by atoms with E-state index in [1.165, 1.54) is 12.1 Å². The van der Waals surface area contributed by atoms with E-state index in [9.17, 15) is 9.18 Å². The van der Waals surface area contributed by atoms with Crippen LogP contribution in [0.5, 0.6) is 0 Å². The van der Waals surface area contributed by atoms with Crippen LogP contribution in [0.2, 0.25) is 5.02 Å². The smallest absolute Gasteiger partial charge is 0.255 e. The van der Waals surface area contributed by atoms with Crippen molar-refractivity contribution in [2.75, 3.05) is 19.0 Å². The number of carbonyl (C=O) groups excluding carboxylic acids is 1. The van der Waals surface area contributed by atoms with Crippen molar-refractivity contribution >= 4 is 29.1 Å². The Balaban J connectivity index is 2.23. The Labute approximate surface area is 127 Å². The van der Waals surface area contributed by atoms with Gasteiger partial charge in [0.15, 0.2) is 0 Å². The molecule has 1 unspecified atom stereocenters. The van der Waals surface area contributed by atoms with Gasteiger partial charge in [0.2, 0.25) is 0 Å². The lowest BCUT2D eigenvalue weighted by molar-refractivity contribution is -0.117. The Kier molecular flexibility index (Phi) is 4.57. The Morgan fingerprint density at radius 2 is 2.25 bits per heavy atom. The van der Waals surface area contributed by atoms with Gasteiger partial charge in [0.25, 0.3) is 5.91 Å². The topological polar surface area (TPSA) is 29.5 Å². The van der Waals surface area contributed by atoms with Crippen molar-refractivity contribution in [3.8, 4) is 0 Å². The number of halogens is 3. The summed E-state index contributed by atoms with van der Waals surface area (Å²) < 4.78 is 18.8. The number of ether oxygens (including phenoxy) is 1. The van der Waals surface area contributed by atoms with Gasteiger partial charge in [-0.1, -0.05) is 11.6 Å². The number of morpholine rings is 1. The minimum Gasteiger partial charge on any atom is -0.367 e. The normalized spacial score (nSPS) is 21.9. The van der Waals surface area contributed by atoms with Crippen molar-refractivity contribution in [1.82, 2.24) is 4.90 Å². The van der Waals surface area contributed by atoms with E-state index in [1.807, 2.05) is 13.8 Å². The minimum atomic E-state index is -0.472. The monoisotopic (exact) mass is 319 g/mol. The summed E-state index contributed by atoms with van der Waals surface area (Å²) in [5.41, 5.74) is -0.181. The first-order chi connectivity index (χ1) is 9.32. The van der Waals surface area contributed by atoms with Crippen LogP contribution in [0.3, 0.4) is 0 Å². The van der Waals surface area contributed by atoms with Crippen molar-refractivity contribution in [2.45, 2.75) is 25.6 Å². The van der Waals surface area contributed by atoms with E-state index in [2.05, 4.69) is 0 Å². The third kappa shape index (κ3) is 3.43. The molecule has 0 spiro atoms. The van der Waals surface area contributed by atoms with Gasteiger partial charge in [-0.25, -0.2) is 4.39 Å². The van der Waals surface area contributed by atoms with Gasteiger partial charge in [-0.2, -0.15) is 0 Å². The molecule has 0 aromatic heterocycles. The summed E-state index contributed by atoms with van der Waals surface area (Å²) in [5, 5.41) is 0.113. The molecule has 0 radical (unpaired) electrons. The SMILES string of the molecule is CC1(C)CN(C(=O)c2ccc(F)cc2Cl)CC(CCl)O1. The first-order valence-electron chi connectivity index (χ1n) is 6.30. The van der Waals surface area contributed by atoms with Crippen molar-refractivity contribution in [3.63, 3.8) is 0 Å². The maximum Gasteiger partial charge on any atom is 0.255 e. The zero-order chi connectivity index (χ0) is 14.9. The maximum atomic E-state index is 13.0. The molecule has 1 heterocycles. The molecule has 1 aromatic carbocycles. The van der Waals surface area contributed by atoms with Crippen LogP contribution >= 0.6 is 23.2 Å². The van der Waals surface area contributed by atoms with E-state index in [4.69, 9.17) is 27.9 Å². The quantitative estimate of drug-likeness (QED) is 0.782. The second-order valence-electron chi connectivity index (χ2n) is 5.46. The van der Waals surface area contributed by atoms with Gasteiger partial charge in [-0.15, -0.1) is 11.6 Å². The molecule has 0 saturated carbocycles. The Bertz CT molecular complexity index is 522. The third-order valence-electron chi connectivity index (χ3n) is 3.10. The van der Waals surface area contributed by atoms with E-state index >= 15 is 0 Å². The second-order valence-corrected chi connectivity index (χ2v) is 6.18. The number of amides is 1. The number of alkyl halides is 1. The van der Waals surface area contributed by atoms with Crippen molar-refractivity contribution in [2.24, 2.45) is 0 Å². The Morgan fingerprint density at radius 1 is 1.55 bits per heavy atom. The summed E-state index contributed by atoms with van der Waals surface area (Å²) >= 11 is 11.8. The van der Waals surface area contributed by atoms with Crippen LogP contribution < -0.4 is 0 Å². The zero-order valence-electron chi connectivity index (χ0n) is 11.3. The average molecular weight is 320 g/mol. The predicted octanol–water partition coefficient (Wildman–Crippen LogP) is 3.34. The first-order valence-corrected chi connectivity index (χ1v) is 7.22. The van der Waals surface area contributed by atoms with Crippen molar-refractivity contribution in [1.29, 1.82) is 0 Å². The lowest BCUT2D eigenvalue weighted by Gasteiger charge is -2.42. The standard InChI is InChI=1S/C14H16Cl2FNO2/c1-14(2)8-18(7-10(6-15)20-14)13(19)11-4-3-9(17)5-12(11)16/h3-5,10H,6-8H2,1-2H3. The van der Waals surface area contributed by atoms with E-state index in [0.29, 0.717) is 24.5 Å². The van der Waals surface area contributed by atoms with E-state index < -0.39 is 11.4 Å². The number of carbonyl (C=O) groups is 1. The largest absolute Gasteiger partial charge is 0.367 e. The number of hydrogen-bond donors (Lipinski definition) is 0. The van der Waals surface area contributed by atoms with Gasteiger partial charge >= 0.3 is 0 Å². The Morgan fingerprint density at radius 3 is 2.85 bits per heavy atom. The average Bonchev–Trinajstić information content (AvgIpc) is 2.36. The molecule has 3 nitrogen and oxygen atoms in total. The molecular formula is C14H16Cl2FNO2. The molecule has 1 saturated heterocycles. The fourth-order valence-electron chi connectivity index (χ4n) is 2.36. The molecule has 20 heavy (non-hydrogen) atoms. The highest BCUT2D eigenvalue weighted by Gasteiger charge is 2.35. The summed E-state index contributed by atoms with van der Waals surface area (Å²) in [6.07, 6.45) is -0.219. The van der Waals surface area contributed by atoms with Crippen molar-refractivity contribution in [3.05, 3.63) is 34.6 Å². The van der Waals surface area contributed by atoms with Gasteiger partial charge in [0, 0.05) is 13.1 Å². The molecule has 1 aliphatic heterocycles. The molecular weight excluding hydrogens is 304 g/mol. The van der Waals surface area contributed by atoms with Gasteiger partial charge in [0.1, 0.15) is 5.82 Å². The summed E-state index contributed by atoms with van der Waals surface area (Å²) in [6, 6.07) is 3.77. The van der Waals surface area contributed by atoms with Gasteiger partial charge in [-0.3, -0.25) is 4.79 Å². The zero-order valence-corrected chi connectivity index (χ0v) is 12.8. The van der Waals surface area contributed by atoms with Crippen molar-refractivity contribution < 1.29 is 13.9 Å². The molecule has 0 aliphatic carbocycles. The Hall–Kier alpha value is -0.840. The lowest BCUT2D eigenvalue weighted by Crippen LogP contribution is -2.55. The third-order valence-corrected chi connectivity index (χ3v) is 3.76. The van der Waals surface area contributed by atoms with Crippen LogP contribution in [-0.4, -0.2) is 41.5 Å². The maximum absolute atomic E-state index is 13.0. The summed E-state index contributed by atoms with van der Waals surface area (Å²) in [6.45, 7) is 4.64. The van der Waals surface area contributed by atoms with Gasteiger partial charge in [-0.05, 0) is 32.0 Å². The molecule has 2 rings (SSSR count). The highest BCUT2D eigenvalue weighted by atomic mass is 35.5. The highest BCUT2D eigenvalue weighted by molar-refractivity contribution is 6.33. The molecule has 110 valence electrons. The summed E-state index contributed by atoms with van der Waals surface area (Å²) in [4.78, 5) is 14.1. The van der Waals surface area contributed by atoms with Crippen LogP contribution in [0.15, 0.2) is 18.2 Å². The number of hydrogen-bond acceptors (Lipinski definition) is 2. The highest BCUT2D eigenvalue weighted by Crippen LogP contribution is 2.25. The van der Waals surface area contributed by atoms with Crippen LogP contribution in [0.25, 0.3) is 0 Å². The summed E-state index contributed by atoms with van der Waals surface area (Å²) in [5.74, 6) is -0.390. The lowest BCUT2D eigenvalue weighted by atomic mass is 10.0. The molecule has 1 atom stereocenters. The molecule has 1 aromatic rings. The fraction of sp³-hybridized carbons (Fsp3) is 0.500. The fourth-order valence-corrected chi connectivity index (χ4v) is 2.77. The van der Waals surface area contributed by atoms with Crippen LogP contribution in [0.1, 0.15) is 24.2 Å². The van der Waals surface area contributed by atoms with E-state index in [1.54, 1.807) is 4.90 Å².